The lowest BCUT2D eigenvalue weighted by atomic mass is 10.2. The summed E-state index contributed by atoms with van der Waals surface area (Å²) in [6.45, 7) is 0.0659. The molecule has 0 bridgehead atoms. The van der Waals surface area contributed by atoms with Crippen LogP contribution in [0, 0.1) is 11.3 Å². The number of carbonyl (C=O) groups is 1. The van der Waals surface area contributed by atoms with Crippen molar-refractivity contribution in [3.8, 4) is 6.07 Å². The quantitative estimate of drug-likeness (QED) is 0.588. The number of carbonyl (C=O) groups excluding carboxylic acids is 1. The van der Waals surface area contributed by atoms with Crippen molar-refractivity contribution in [3.05, 3.63) is 29.8 Å². The highest BCUT2D eigenvalue weighted by molar-refractivity contribution is 8.00. The zero-order chi connectivity index (χ0) is 11.8. The van der Waals surface area contributed by atoms with Crippen LogP contribution < -0.4 is 5.32 Å². The molecule has 0 radical (unpaired) electrons. The van der Waals surface area contributed by atoms with Gasteiger partial charge in [-0.05, 0) is 17.7 Å². The van der Waals surface area contributed by atoms with Crippen molar-refractivity contribution in [2.45, 2.75) is 11.5 Å². The third-order valence-corrected chi connectivity index (χ3v) is 2.85. The summed E-state index contributed by atoms with van der Waals surface area (Å²) < 4.78 is 0. The zero-order valence-corrected chi connectivity index (χ0v) is 9.46. The molecular formula is C11H12N2O2S. The number of amides is 1. The van der Waals surface area contributed by atoms with E-state index < -0.39 is 0 Å². The molecule has 2 N–H and O–H groups in total. The van der Waals surface area contributed by atoms with Crippen molar-refractivity contribution in [2.75, 3.05) is 12.3 Å². The monoisotopic (exact) mass is 236 g/mol. The minimum Gasteiger partial charge on any atom is -0.392 e. The lowest BCUT2D eigenvalue weighted by Gasteiger charge is -2.02. The second-order valence-electron chi connectivity index (χ2n) is 3.03. The number of thioether (sulfide) groups is 1. The van der Waals surface area contributed by atoms with E-state index in [1.165, 1.54) is 11.8 Å². The van der Waals surface area contributed by atoms with E-state index in [0.29, 0.717) is 5.75 Å². The van der Waals surface area contributed by atoms with Crippen molar-refractivity contribution < 1.29 is 9.90 Å². The Morgan fingerprint density at radius 2 is 2.12 bits per heavy atom. The number of hydrogen-bond acceptors (Lipinski definition) is 4. The maximum atomic E-state index is 11.2. The first kappa shape index (κ1) is 12.6. The first-order valence-electron chi connectivity index (χ1n) is 4.72. The van der Waals surface area contributed by atoms with Crippen LogP contribution in [0.1, 0.15) is 5.56 Å². The van der Waals surface area contributed by atoms with Crippen LogP contribution in [0.5, 0.6) is 0 Å². The molecule has 1 aromatic carbocycles. The third kappa shape index (κ3) is 4.34. The molecule has 1 amide bonds. The summed E-state index contributed by atoms with van der Waals surface area (Å²) in [6, 6.07) is 9.18. The molecule has 16 heavy (non-hydrogen) atoms. The number of hydrogen-bond donors (Lipinski definition) is 2. The topological polar surface area (TPSA) is 73.1 Å². The molecule has 1 aromatic rings. The van der Waals surface area contributed by atoms with Crippen molar-refractivity contribution >= 4 is 17.7 Å². The highest BCUT2D eigenvalue weighted by Gasteiger charge is 2.01. The van der Waals surface area contributed by atoms with Crippen LogP contribution in [0.3, 0.4) is 0 Å². The second-order valence-corrected chi connectivity index (χ2v) is 4.07. The van der Waals surface area contributed by atoms with Gasteiger partial charge >= 0.3 is 0 Å². The minimum atomic E-state index is -0.155. The predicted octanol–water partition coefficient (Wildman–Crippen LogP) is 0.911. The van der Waals surface area contributed by atoms with Crippen LogP contribution in [-0.4, -0.2) is 23.3 Å². The standard InChI is InChI=1S/C11H12N2O2S/c12-5-6-13-11(15)8-16-10-3-1-9(7-14)2-4-10/h1-4,14H,6-8H2,(H,13,15). The van der Waals surface area contributed by atoms with E-state index in [4.69, 9.17) is 10.4 Å². The molecule has 0 spiro atoms. The Hall–Kier alpha value is -1.51. The number of nitrogens with zero attached hydrogens (tertiary/aromatic N) is 1. The molecule has 0 fully saturated rings. The van der Waals surface area contributed by atoms with E-state index in [1.807, 2.05) is 30.3 Å². The minimum absolute atomic E-state index is 0.0214. The lowest BCUT2D eigenvalue weighted by molar-refractivity contribution is -0.118. The van der Waals surface area contributed by atoms with Crippen LogP contribution in [0.2, 0.25) is 0 Å². The highest BCUT2D eigenvalue weighted by atomic mass is 32.2. The van der Waals surface area contributed by atoms with E-state index in [2.05, 4.69) is 5.32 Å². The molecule has 5 heteroatoms. The van der Waals surface area contributed by atoms with Gasteiger partial charge in [0.05, 0.1) is 18.4 Å². The summed E-state index contributed by atoms with van der Waals surface area (Å²) in [5, 5.41) is 19.6. The van der Waals surface area contributed by atoms with Gasteiger partial charge in [-0.25, -0.2) is 0 Å². The maximum Gasteiger partial charge on any atom is 0.231 e. The molecule has 0 aromatic heterocycles. The fourth-order valence-electron chi connectivity index (χ4n) is 1.03. The van der Waals surface area contributed by atoms with Gasteiger partial charge in [-0.2, -0.15) is 5.26 Å². The van der Waals surface area contributed by atoms with Crippen LogP contribution in [0.4, 0.5) is 0 Å². The van der Waals surface area contributed by atoms with Gasteiger partial charge in [-0.3, -0.25) is 4.79 Å². The van der Waals surface area contributed by atoms with E-state index in [0.717, 1.165) is 10.5 Å². The van der Waals surface area contributed by atoms with Crippen LogP contribution in [0.25, 0.3) is 0 Å². The van der Waals surface area contributed by atoms with E-state index in [9.17, 15) is 4.79 Å². The Morgan fingerprint density at radius 1 is 1.44 bits per heavy atom. The maximum absolute atomic E-state index is 11.2. The van der Waals surface area contributed by atoms with Gasteiger partial charge in [-0.15, -0.1) is 11.8 Å². The van der Waals surface area contributed by atoms with Crippen molar-refractivity contribution in [3.63, 3.8) is 0 Å². The van der Waals surface area contributed by atoms with Crippen molar-refractivity contribution in [1.29, 1.82) is 5.26 Å². The van der Waals surface area contributed by atoms with Gasteiger partial charge in [0.1, 0.15) is 6.54 Å². The normalized spacial score (nSPS) is 9.50. The molecule has 0 aliphatic carbocycles. The Bertz CT molecular complexity index is 384. The molecule has 84 valence electrons. The van der Waals surface area contributed by atoms with Gasteiger partial charge in [-0.1, -0.05) is 12.1 Å². The molecule has 0 unspecified atom stereocenters. The lowest BCUT2D eigenvalue weighted by Crippen LogP contribution is -2.25. The van der Waals surface area contributed by atoms with E-state index in [-0.39, 0.29) is 19.1 Å². The molecule has 4 nitrogen and oxygen atoms in total. The third-order valence-electron chi connectivity index (χ3n) is 1.84. The predicted molar refractivity (Wildman–Crippen MR) is 61.7 cm³/mol. The Morgan fingerprint density at radius 3 is 2.69 bits per heavy atom. The van der Waals surface area contributed by atoms with Crippen LogP contribution in [0.15, 0.2) is 29.2 Å². The Labute approximate surface area is 98.3 Å². The molecule has 0 aliphatic heterocycles. The van der Waals surface area contributed by atoms with Crippen molar-refractivity contribution in [2.24, 2.45) is 0 Å². The molecule has 1 rings (SSSR count). The average Bonchev–Trinajstić information content (AvgIpc) is 2.34. The number of aliphatic hydroxyl groups is 1. The molecule has 0 saturated heterocycles. The Balaban J connectivity index is 2.37. The highest BCUT2D eigenvalue weighted by Crippen LogP contribution is 2.17. The van der Waals surface area contributed by atoms with Gasteiger partial charge < -0.3 is 10.4 Å². The molecule has 0 atom stereocenters. The van der Waals surface area contributed by atoms with E-state index >= 15 is 0 Å². The molecule has 0 aliphatic rings. The number of nitrogens with one attached hydrogen (secondary N) is 1. The molecule has 0 saturated carbocycles. The number of nitriles is 1. The average molecular weight is 236 g/mol. The molecular weight excluding hydrogens is 224 g/mol. The number of aliphatic hydroxyl groups excluding tert-OH is 1. The summed E-state index contributed by atoms with van der Waals surface area (Å²) in [6.07, 6.45) is 0. The number of benzene rings is 1. The first-order valence-corrected chi connectivity index (χ1v) is 5.71. The Kier molecular flexibility index (Phi) is 5.40. The van der Waals surface area contributed by atoms with Gasteiger partial charge in [0.25, 0.3) is 0 Å². The summed E-state index contributed by atoms with van der Waals surface area (Å²) in [5.74, 6) is 0.137. The molecule has 0 heterocycles. The summed E-state index contributed by atoms with van der Waals surface area (Å²) in [4.78, 5) is 12.1. The van der Waals surface area contributed by atoms with E-state index in [1.54, 1.807) is 0 Å². The fourth-order valence-corrected chi connectivity index (χ4v) is 1.76. The smallest absolute Gasteiger partial charge is 0.231 e. The summed E-state index contributed by atoms with van der Waals surface area (Å²) in [7, 11) is 0. The van der Waals surface area contributed by atoms with Gasteiger partial charge in [0.2, 0.25) is 5.91 Å². The number of rotatable bonds is 5. The van der Waals surface area contributed by atoms with Gasteiger partial charge in [0.15, 0.2) is 0 Å². The van der Waals surface area contributed by atoms with Gasteiger partial charge in [0, 0.05) is 4.90 Å². The van der Waals surface area contributed by atoms with Crippen LogP contribution in [-0.2, 0) is 11.4 Å². The van der Waals surface area contributed by atoms with Crippen molar-refractivity contribution in [1.82, 2.24) is 5.32 Å². The van der Waals surface area contributed by atoms with Crippen LogP contribution >= 0.6 is 11.8 Å². The summed E-state index contributed by atoms with van der Waals surface area (Å²) >= 11 is 1.40. The largest absolute Gasteiger partial charge is 0.392 e. The fraction of sp³-hybridized carbons (Fsp3) is 0.273. The first-order chi connectivity index (χ1) is 7.76. The second kappa shape index (κ2) is 6.88. The zero-order valence-electron chi connectivity index (χ0n) is 8.64. The summed E-state index contributed by atoms with van der Waals surface area (Å²) in [5.41, 5.74) is 0.846. The SMILES string of the molecule is N#CCNC(=O)CSc1ccc(CO)cc1.